The summed E-state index contributed by atoms with van der Waals surface area (Å²) in [5, 5.41) is 2.15. The molecular formula is C16H18F6N2O. The molecule has 0 spiro atoms. The van der Waals surface area contributed by atoms with Gasteiger partial charge in [0.2, 0.25) is 5.91 Å². The summed E-state index contributed by atoms with van der Waals surface area (Å²) in [6.45, 7) is 2.53. The Bertz CT molecular complexity index is 594. The predicted octanol–water partition coefficient (Wildman–Crippen LogP) is 4.54. The minimum absolute atomic E-state index is 0.0301. The van der Waals surface area contributed by atoms with Gasteiger partial charge in [0.25, 0.3) is 0 Å². The van der Waals surface area contributed by atoms with Gasteiger partial charge in [-0.3, -0.25) is 9.69 Å². The fraction of sp³-hybridized carbons (Fsp3) is 0.562. The molecule has 0 bridgehead atoms. The van der Waals surface area contributed by atoms with E-state index in [0.717, 1.165) is 19.3 Å². The predicted molar refractivity (Wildman–Crippen MR) is 80.0 cm³/mol. The zero-order chi connectivity index (χ0) is 18.8. The molecule has 1 amide bonds. The van der Waals surface area contributed by atoms with E-state index in [-0.39, 0.29) is 18.7 Å². The number of nitrogens with one attached hydrogen (secondary N) is 1. The summed E-state index contributed by atoms with van der Waals surface area (Å²) in [5.74, 6) is -0.638. The summed E-state index contributed by atoms with van der Waals surface area (Å²) < 4.78 is 76.9. The van der Waals surface area contributed by atoms with Crippen LogP contribution in [-0.4, -0.2) is 29.9 Å². The molecule has 140 valence electrons. The molecule has 2 rings (SSSR count). The molecule has 25 heavy (non-hydrogen) atoms. The van der Waals surface area contributed by atoms with E-state index in [4.69, 9.17) is 0 Å². The highest BCUT2D eigenvalue weighted by atomic mass is 19.4. The van der Waals surface area contributed by atoms with Gasteiger partial charge in [-0.2, -0.15) is 26.3 Å². The van der Waals surface area contributed by atoms with Crippen LogP contribution in [0.1, 0.15) is 37.3 Å². The molecule has 0 saturated carbocycles. The average Bonchev–Trinajstić information content (AvgIpc) is 2.47. The first kappa shape index (κ1) is 19.6. The molecule has 1 atom stereocenters. The smallest absolute Gasteiger partial charge is 0.325 e. The van der Waals surface area contributed by atoms with Crippen LogP contribution in [0, 0.1) is 0 Å². The van der Waals surface area contributed by atoms with Crippen LogP contribution in [0.25, 0.3) is 0 Å². The van der Waals surface area contributed by atoms with Gasteiger partial charge < -0.3 is 5.32 Å². The molecule has 1 unspecified atom stereocenters. The van der Waals surface area contributed by atoms with Crippen LogP contribution in [-0.2, 0) is 17.1 Å². The van der Waals surface area contributed by atoms with Gasteiger partial charge in [-0.25, -0.2) is 0 Å². The molecule has 0 aliphatic carbocycles. The van der Waals surface area contributed by atoms with Gasteiger partial charge in [0.15, 0.2) is 0 Å². The van der Waals surface area contributed by atoms with Crippen LogP contribution >= 0.6 is 0 Å². The number of rotatable bonds is 3. The van der Waals surface area contributed by atoms with Crippen molar-refractivity contribution in [2.75, 3.05) is 18.4 Å². The first-order valence-electron chi connectivity index (χ1n) is 7.80. The molecule has 3 nitrogen and oxygen atoms in total. The van der Waals surface area contributed by atoms with Crippen molar-refractivity contribution >= 4 is 11.6 Å². The Morgan fingerprint density at radius 2 is 1.64 bits per heavy atom. The van der Waals surface area contributed by atoms with Crippen molar-refractivity contribution in [3.63, 3.8) is 0 Å². The maximum absolute atomic E-state index is 12.8. The molecule has 1 aliphatic rings. The van der Waals surface area contributed by atoms with E-state index in [1.54, 1.807) is 0 Å². The number of alkyl halides is 6. The summed E-state index contributed by atoms with van der Waals surface area (Å²) in [6.07, 6.45) is -7.05. The number of benzene rings is 1. The van der Waals surface area contributed by atoms with Gasteiger partial charge >= 0.3 is 12.4 Å². The van der Waals surface area contributed by atoms with Crippen molar-refractivity contribution in [1.82, 2.24) is 4.90 Å². The number of amides is 1. The van der Waals surface area contributed by atoms with Crippen LogP contribution < -0.4 is 5.32 Å². The number of anilines is 1. The van der Waals surface area contributed by atoms with Gasteiger partial charge in [0.05, 0.1) is 17.7 Å². The summed E-state index contributed by atoms with van der Waals surface area (Å²) in [4.78, 5) is 13.9. The van der Waals surface area contributed by atoms with E-state index in [1.165, 1.54) is 0 Å². The van der Waals surface area contributed by atoms with E-state index < -0.39 is 35.1 Å². The first-order chi connectivity index (χ1) is 11.5. The summed E-state index contributed by atoms with van der Waals surface area (Å²) in [6, 6.07) is 1.19. The Labute approximate surface area is 141 Å². The molecule has 1 aromatic carbocycles. The quantitative estimate of drug-likeness (QED) is 0.795. The van der Waals surface area contributed by atoms with Crippen molar-refractivity contribution in [1.29, 1.82) is 0 Å². The summed E-state index contributed by atoms with van der Waals surface area (Å²) in [7, 11) is 0. The van der Waals surface area contributed by atoms with Crippen LogP contribution in [0.15, 0.2) is 18.2 Å². The zero-order valence-corrected chi connectivity index (χ0v) is 13.5. The molecule has 0 aromatic heterocycles. The second-order valence-corrected chi connectivity index (χ2v) is 6.16. The van der Waals surface area contributed by atoms with Gasteiger partial charge in [0, 0.05) is 11.7 Å². The lowest BCUT2D eigenvalue weighted by Crippen LogP contribution is -2.42. The second kappa shape index (κ2) is 7.23. The standard InChI is InChI=1S/C16H18F6N2O/c1-10-4-2-3-5-24(10)9-14(25)23-13-7-11(15(17,18)19)6-12(8-13)16(20,21)22/h6-8,10H,2-5,9H2,1H3,(H,23,25). The van der Waals surface area contributed by atoms with Gasteiger partial charge in [-0.1, -0.05) is 6.42 Å². The van der Waals surface area contributed by atoms with Crippen LogP contribution in [0.4, 0.5) is 32.0 Å². The molecule has 9 heteroatoms. The normalized spacial score (nSPS) is 19.7. The lowest BCUT2D eigenvalue weighted by atomic mass is 10.0. The van der Waals surface area contributed by atoms with Crippen molar-refractivity contribution in [3.05, 3.63) is 29.3 Å². The lowest BCUT2D eigenvalue weighted by molar-refractivity contribution is -0.143. The van der Waals surface area contributed by atoms with Crippen LogP contribution in [0.5, 0.6) is 0 Å². The molecular weight excluding hydrogens is 350 g/mol. The number of hydrogen-bond donors (Lipinski definition) is 1. The Morgan fingerprint density at radius 1 is 1.08 bits per heavy atom. The maximum Gasteiger partial charge on any atom is 0.416 e. The monoisotopic (exact) mass is 368 g/mol. The molecule has 1 fully saturated rings. The first-order valence-corrected chi connectivity index (χ1v) is 7.80. The van der Waals surface area contributed by atoms with Gasteiger partial charge in [-0.15, -0.1) is 0 Å². The molecule has 1 aliphatic heterocycles. The Morgan fingerprint density at radius 3 is 2.12 bits per heavy atom. The highest BCUT2D eigenvalue weighted by Crippen LogP contribution is 2.37. The van der Waals surface area contributed by atoms with Crippen molar-refractivity contribution in [3.8, 4) is 0 Å². The van der Waals surface area contributed by atoms with E-state index in [1.807, 2.05) is 11.8 Å². The highest BCUT2D eigenvalue weighted by Gasteiger charge is 2.37. The second-order valence-electron chi connectivity index (χ2n) is 6.16. The molecule has 1 N–H and O–H groups in total. The third-order valence-electron chi connectivity index (χ3n) is 4.16. The number of halogens is 6. The minimum atomic E-state index is -4.94. The maximum atomic E-state index is 12.8. The summed E-state index contributed by atoms with van der Waals surface area (Å²) >= 11 is 0. The topological polar surface area (TPSA) is 32.3 Å². The van der Waals surface area contributed by atoms with Crippen molar-refractivity contribution < 1.29 is 31.1 Å². The SMILES string of the molecule is CC1CCCCN1CC(=O)Nc1cc(C(F)(F)F)cc(C(F)(F)F)c1. The zero-order valence-electron chi connectivity index (χ0n) is 13.5. The fourth-order valence-electron chi connectivity index (χ4n) is 2.80. The van der Waals surface area contributed by atoms with Crippen molar-refractivity contribution in [2.24, 2.45) is 0 Å². The third kappa shape index (κ3) is 5.35. The average molecular weight is 368 g/mol. The van der Waals surface area contributed by atoms with Crippen molar-refractivity contribution in [2.45, 2.75) is 44.6 Å². The summed E-state index contributed by atoms with van der Waals surface area (Å²) in [5.41, 5.74) is -3.43. The highest BCUT2D eigenvalue weighted by molar-refractivity contribution is 5.92. The Balaban J connectivity index is 2.18. The molecule has 0 radical (unpaired) electrons. The molecule has 1 saturated heterocycles. The fourth-order valence-corrected chi connectivity index (χ4v) is 2.80. The van der Waals surface area contributed by atoms with Gasteiger partial charge in [-0.05, 0) is 44.5 Å². The number of nitrogens with zero attached hydrogens (tertiary/aromatic N) is 1. The number of hydrogen-bond acceptors (Lipinski definition) is 2. The van der Waals surface area contributed by atoms with E-state index >= 15 is 0 Å². The Hall–Kier alpha value is -1.77. The minimum Gasteiger partial charge on any atom is -0.325 e. The van der Waals surface area contributed by atoms with Crippen LogP contribution in [0.3, 0.4) is 0 Å². The molecule has 1 heterocycles. The largest absolute Gasteiger partial charge is 0.416 e. The third-order valence-corrected chi connectivity index (χ3v) is 4.16. The van der Waals surface area contributed by atoms with E-state index in [2.05, 4.69) is 5.32 Å². The number of piperidine rings is 1. The number of likely N-dealkylation sites (tertiary alicyclic amines) is 1. The Kier molecular flexibility index (Phi) is 5.65. The number of carbonyl (C=O) groups is 1. The lowest BCUT2D eigenvalue weighted by Gasteiger charge is -2.32. The number of carbonyl (C=O) groups excluding carboxylic acids is 1. The van der Waals surface area contributed by atoms with E-state index in [9.17, 15) is 31.1 Å². The van der Waals surface area contributed by atoms with E-state index in [0.29, 0.717) is 18.7 Å². The van der Waals surface area contributed by atoms with Crippen LogP contribution in [0.2, 0.25) is 0 Å². The molecule has 1 aromatic rings. The van der Waals surface area contributed by atoms with Gasteiger partial charge in [0.1, 0.15) is 0 Å².